The van der Waals surface area contributed by atoms with Gasteiger partial charge in [0.1, 0.15) is 35.4 Å². The highest BCUT2D eigenvalue weighted by Crippen LogP contribution is 2.58. The summed E-state index contributed by atoms with van der Waals surface area (Å²) in [7, 11) is 3.36. The van der Waals surface area contributed by atoms with Gasteiger partial charge in [0.15, 0.2) is 11.8 Å². The van der Waals surface area contributed by atoms with Gasteiger partial charge >= 0.3 is 11.9 Å². The molecule has 4 fully saturated rings. The van der Waals surface area contributed by atoms with Crippen molar-refractivity contribution in [1.29, 1.82) is 0 Å². The summed E-state index contributed by atoms with van der Waals surface area (Å²) in [4.78, 5) is 62.0. The Hall–Kier alpha value is -3.36. The van der Waals surface area contributed by atoms with Crippen molar-refractivity contribution >= 4 is 29.8 Å². The van der Waals surface area contributed by atoms with E-state index in [-0.39, 0.29) is 31.7 Å². The fraction of sp³-hybridized carbons (Fsp3) is 0.707. The van der Waals surface area contributed by atoms with Crippen LogP contribution in [0.4, 0.5) is 0 Å². The predicted molar refractivity (Wildman–Crippen MR) is 200 cm³/mol. The lowest BCUT2D eigenvalue weighted by Crippen LogP contribution is -2.70. The zero-order chi connectivity index (χ0) is 39.3. The summed E-state index contributed by atoms with van der Waals surface area (Å²) in [5.74, 6) is -2.56. The molecule has 2 N–H and O–H groups in total. The molecule has 3 heterocycles. The van der Waals surface area contributed by atoms with E-state index in [1.54, 1.807) is 40.9 Å². The van der Waals surface area contributed by atoms with Gasteiger partial charge in [0.25, 0.3) is 0 Å². The molecule has 3 aliphatic heterocycles. The number of fused-ring (bicyclic) bond motifs is 4. The van der Waals surface area contributed by atoms with Crippen LogP contribution >= 0.6 is 0 Å². The number of likely N-dealkylation sites (N-methyl/N-ethyl adjacent to an activating group) is 1. The van der Waals surface area contributed by atoms with E-state index in [4.69, 9.17) is 23.8 Å². The molecule has 7 unspecified atom stereocenters. The number of aliphatic hydroxyl groups excluding tert-OH is 1. The van der Waals surface area contributed by atoms with E-state index in [1.165, 1.54) is 16.0 Å². The molecule has 3 saturated heterocycles. The lowest BCUT2D eigenvalue weighted by Gasteiger charge is -2.49. The largest absolute Gasteiger partial charge is 0.460 e. The fourth-order valence-corrected chi connectivity index (χ4v) is 8.20. The molecule has 1 aromatic rings. The van der Waals surface area contributed by atoms with Gasteiger partial charge in [-0.15, -0.1) is 0 Å². The maximum absolute atomic E-state index is 14.8. The topological polar surface area (TPSA) is 153 Å². The van der Waals surface area contributed by atoms with E-state index in [0.717, 1.165) is 49.7 Å². The lowest BCUT2D eigenvalue weighted by molar-refractivity contribution is -0.224. The van der Waals surface area contributed by atoms with E-state index in [1.807, 2.05) is 24.3 Å². The molecule has 5 rings (SSSR count). The SMILES string of the molecule is CCCCCC1(CCCCC)OC2C3CC4(C(=O)NC(CO)CCC(=O)OC(C)(C)C)C(ON(Cc5cccc(C=CC(=O)N(C)C)c5)C4C(=O)O3)C2O1. The van der Waals surface area contributed by atoms with E-state index in [9.17, 15) is 24.3 Å². The number of rotatable bonds is 18. The molecule has 7 atom stereocenters. The molecule has 300 valence electrons. The molecule has 13 heteroatoms. The third kappa shape index (κ3) is 9.35. The minimum atomic E-state index is -1.44. The zero-order valence-electron chi connectivity index (χ0n) is 33.1. The van der Waals surface area contributed by atoms with Gasteiger partial charge < -0.3 is 34.3 Å². The quantitative estimate of drug-likeness (QED) is 0.120. The van der Waals surface area contributed by atoms with Gasteiger partial charge in [-0.25, -0.2) is 0 Å². The number of esters is 2. The molecule has 1 aromatic carbocycles. The highest BCUT2D eigenvalue weighted by Gasteiger charge is 2.76. The number of ether oxygens (including phenoxy) is 4. The van der Waals surface area contributed by atoms with Gasteiger partial charge in [-0.3, -0.25) is 24.0 Å². The summed E-state index contributed by atoms with van der Waals surface area (Å²) in [6.07, 6.45) is 7.74. The van der Waals surface area contributed by atoms with Crippen LogP contribution in [0.3, 0.4) is 0 Å². The Morgan fingerprint density at radius 3 is 2.39 bits per heavy atom. The summed E-state index contributed by atoms with van der Waals surface area (Å²) in [6, 6.07) is 5.62. The highest BCUT2D eigenvalue weighted by atomic mass is 16.8. The van der Waals surface area contributed by atoms with Crippen LogP contribution in [-0.2, 0) is 49.5 Å². The maximum atomic E-state index is 14.8. The molecule has 4 aliphatic rings. The number of benzene rings is 1. The third-order valence-corrected chi connectivity index (χ3v) is 10.8. The van der Waals surface area contributed by atoms with E-state index in [0.29, 0.717) is 12.8 Å². The number of hydroxylamine groups is 2. The van der Waals surface area contributed by atoms with Crippen LogP contribution in [0.25, 0.3) is 6.08 Å². The summed E-state index contributed by atoms with van der Waals surface area (Å²) in [5.41, 5.74) is -0.541. The second-order valence-electron chi connectivity index (χ2n) is 16.5. The lowest BCUT2D eigenvalue weighted by atomic mass is 9.62. The van der Waals surface area contributed by atoms with Crippen LogP contribution in [0, 0.1) is 5.41 Å². The zero-order valence-corrected chi connectivity index (χ0v) is 33.1. The van der Waals surface area contributed by atoms with Crippen LogP contribution < -0.4 is 5.32 Å². The van der Waals surface area contributed by atoms with Gasteiger partial charge in [0, 0.05) is 45.9 Å². The second kappa shape index (κ2) is 17.6. The molecule has 0 spiro atoms. The van der Waals surface area contributed by atoms with Crippen molar-refractivity contribution in [2.24, 2.45) is 5.41 Å². The van der Waals surface area contributed by atoms with Crippen molar-refractivity contribution in [3.05, 3.63) is 41.5 Å². The normalized spacial score (nSPS) is 27.7. The van der Waals surface area contributed by atoms with Gasteiger partial charge in [-0.2, -0.15) is 5.06 Å². The fourth-order valence-electron chi connectivity index (χ4n) is 8.20. The average Bonchev–Trinajstić information content (AvgIpc) is 3.67. The molecule has 0 radical (unpaired) electrons. The summed E-state index contributed by atoms with van der Waals surface area (Å²) < 4.78 is 25.4. The van der Waals surface area contributed by atoms with Crippen molar-refractivity contribution in [2.75, 3.05) is 20.7 Å². The Morgan fingerprint density at radius 2 is 1.76 bits per heavy atom. The first kappa shape index (κ1) is 41.8. The number of hydrogen-bond donors (Lipinski definition) is 2. The van der Waals surface area contributed by atoms with Gasteiger partial charge in [-0.1, -0.05) is 63.8 Å². The Kier molecular flexibility index (Phi) is 13.6. The first-order valence-corrected chi connectivity index (χ1v) is 19.8. The van der Waals surface area contributed by atoms with Crippen LogP contribution in [-0.4, -0.2) is 107 Å². The monoisotopic (exact) mass is 755 g/mol. The highest BCUT2D eigenvalue weighted by molar-refractivity contribution is 5.94. The van der Waals surface area contributed by atoms with Gasteiger partial charge in [0.2, 0.25) is 11.8 Å². The van der Waals surface area contributed by atoms with Crippen LogP contribution in [0.1, 0.15) is 116 Å². The average molecular weight is 756 g/mol. The van der Waals surface area contributed by atoms with Crippen molar-refractivity contribution in [1.82, 2.24) is 15.3 Å². The number of aliphatic hydroxyl groups is 1. The smallest absolute Gasteiger partial charge is 0.327 e. The van der Waals surface area contributed by atoms with E-state index < -0.39 is 77.8 Å². The van der Waals surface area contributed by atoms with Crippen molar-refractivity contribution in [3.63, 3.8) is 0 Å². The van der Waals surface area contributed by atoms with Crippen molar-refractivity contribution in [2.45, 2.75) is 160 Å². The summed E-state index contributed by atoms with van der Waals surface area (Å²) in [6.45, 7) is 9.35. The first-order valence-electron chi connectivity index (χ1n) is 19.8. The molecule has 54 heavy (non-hydrogen) atoms. The molecular formula is C41H61N3O10. The van der Waals surface area contributed by atoms with Crippen LogP contribution in [0.5, 0.6) is 0 Å². The minimum Gasteiger partial charge on any atom is -0.460 e. The number of nitrogens with zero attached hydrogens (tertiary/aromatic N) is 2. The molecule has 2 amide bonds. The molecule has 2 bridgehead atoms. The van der Waals surface area contributed by atoms with Crippen molar-refractivity contribution in [3.8, 4) is 0 Å². The number of nitrogens with one attached hydrogen (secondary N) is 1. The Bertz CT molecular complexity index is 1510. The third-order valence-electron chi connectivity index (χ3n) is 10.8. The molecular weight excluding hydrogens is 694 g/mol. The predicted octanol–water partition coefficient (Wildman–Crippen LogP) is 4.83. The number of carbonyl (C=O) groups excluding carboxylic acids is 4. The van der Waals surface area contributed by atoms with Gasteiger partial charge in [-0.05, 0) is 57.2 Å². The van der Waals surface area contributed by atoms with Crippen LogP contribution in [0.15, 0.2) is 30.3 Å². The van der Waals surface area contributed by atoms with Crippen LogP contribution in [0.2, 0.25) is 0 Å². The number of hydrogen-bond acceptors (Lipinski definition) is 11. The minimum absolute atomic E-state index is 0.0134. The Morgan fingerprint density at radius 1 is 1.07 bits per heavy atom. The number of carbonyl (C=O) groups is 4. The first-order chi connectivity index (χ1) is 25.6. The van der Waals surface area contributed by atoms with E-state index in [2.05, 4.69) is 19.2 Å². The number of unbranched alkanes of at least 4 members (excludes halogenated alkanes) is 4. The molecule has 1 saturated carbocycles. The number of amides is 2. The molecule has 0 aromatic heterocycles. The Balaban J connectivity index is 1.47. The second-order valence-corrected chi connectivity index (χ2v) is 16.5. The summed E-state index contributed by atoms with van der Waals surface area (Å²) in [5, 5.41) is 14.9. The summed E-state index contributed by atoms with van der Waals surface area (Å²) >= 11 is 0. The maximum Gasteiger partial charge on any atom is 0.327 e. The standard InChI is InChI=1S/C41H61N3O10/c1-8-10-12-21-40(22-13-11-9-2)52-33-30-24-41(38(49)42-29(26-45)18-20-32(47)51-39(3,4)5)35(37(48)50-30)44(54-36(41)34(33)53-40)25-28-16-14-15-27(23-28)17-19-31(46)43(6)7/h14-17,19,23,29-30,33-36,45H,8-13,18,20-22,24-26H2,1-7H3,(H,42,49). The van der Waals surface area contributed by atoms with Crippen molar-refractivity contribution < 1.29 is 48.1 Å². The molecule has 13 nitrogen and oxygen atoms in total. The molecule has 1 aliphatic carbocycles. The van der Waals surface area contributed by atoms with Gasteiger partial charge in [0.05, 0.1) is 19.2 Å². The Labute approximate surface area is 320 Å². The van der Waals surface area contributed by atoms with E-state index >= 15 is 0 Å².